The monoisotopic (exact) mass is 404 g/mol. The van der Waals surface area contributed by atoms with Crippen LogP contribution in [0.15, 0.2) is 40.5 Å². The SMILES string of the molecule is O=C(c1ccc(F)c(F)c1)N1CCC(Cc2n[nH]c(=O)n2-c2cccs2)CC1. The molecule has 0 aliphatic carbocycles. The van der Waals surface area contributed by atoms with Gasteiger partial charge in [0.15, 0.2) is 11.6 Å². The Kier molecular flexibility index (Phi) is 5.08. The number of rotatable bonds is 4. The highest BCUT2D eigenvalue weighted by Gasteiger charge is 2.26. The molecule has 3 heterocycles. The number of aromatic amines is 1. The largest absolute Gasteiger partial charge is 0.348 e. The molecule has 0 unspecified atom stereocenters. The minimum absolute atomic E-state index is 0.149. The van der Waals surface area contributed by atoms with Crippen molar-refractivity contribution in [1.82, 2.24) is 19.7 Å². The lowest BCUT2D eigenvalue weighted by Crippen LogP contribution is -2.39. The number of hydrogen-bond acceptors (Lipinski definition) is 4. The summed E-state index contributed by atoms with van der Waals surface area (Å²) in [5.74, 6) is -1.33. The second-order valence-corrected chi connectivity index (χ2v) is 7.73. The van der Waals surface area contributed by atoms with Crippen LogP contribution in [-0.4, -0.2) is 38.7 Å². The van der Waals surface area contributed by atoms with E-state index in [1.54, 1.807) is 9.47 Å². The van der Waals surface area contributed by atoms with Gasteiger partial charge in [0.25, 0.3) is 5.91 Å². The molecular weight excluding hydrogens is 386 g/mol. The first kappa shape index (κ1) is 18.5. The zero-order chi connectivity index (χ0) is 19.7. The topological polar surface area (TPSA) is 71.0 Å². The van der Waals surface area contributed by atoms with E-state index < -0.39 is 11.6 Å². The summed E-state index contributed by atoms with van der Waals surface area (Å²) in [6.45, 7) is 1.05. The summed E-state index contributed by atoms with van der Waals surface area (Å²) in [6.07, 6.45) is 2.13. The Labute approximate surface area is 163 Å². The Hall–Kier alpha value is -2.81. The smallest absolute Gasteiger partial charge is 0.339 e. The lowest BCUT2D eigenvalue weighted by Gasteiger charge is -2.32. The summed E-state index contributed by atoms with van der Waals surface area (Å²) in [5, 5.41) is 9.39. The highest BCUT2D eigenvalue weighted by atomic mass is 32.1. The van der Waals surface area contributed by atoms with Gasteiger partial charge in [0.2, 0.25) is 0 Å². The minimum atomic E-state index is -1.02. The van der Waals surface area contributed by atoms with E-state index in [1.165, 1.54) is 17.4 Å². The molecule has 0 bridgehead atoms. The van der Waals surface area contributed by atoms with E-state index >= 15 is 0 Å². The summed E-state index contributed by atoms with van der Waals surface area (Å²) < 4.78 is 28.0. The number of likely N-dealkylation sites (tertiary alicyclic amines) is 1. The third kappa shape index (κ3) is 3.62. The van der Waals surface area contributed by atoms with E-state index in [1.807, 2.05) is 17.5 Å². The van der Waals surface area contributed by atoms with E-state index in [9.17, 15) is 18.4 Å². The van der Waals surface area contributed by atoms with Crippen LogP contribution in [0.4, 0.5) is 8.78 Å². The number of halogens is 2. The summed E-state index contributed by atoms with van der Waals surface area (Å²) in [4.78, 5) is 26.2. The van der Waals surface area contributed by atoms with Gasteiger partial charge in [-0.1, -0.05) is 0 Å². The summed E-state index contributed by atoms with van der Waals surface area (Å²) in [7, 11) is 0. The van der Waals surface area contributed by atoms with Crippen molar-refractivity contribution in [3.8, 4) is 5.00 Å². The zero-order valence-corrected chi connectivity index (χ0v) is 15.7. The number of hydrogen-bond donors (Lipinski definition) is 1. The van der Waals surface area contributed by atoms with Crippen LogP contribution < -0.4 is 5.69 Å². The molecule has 6 nitrogen and oxygen atoms in total. The van der Waals surface area contributed by atoms with Crippen molar-refractivity contribution in [2.45, 2.75) is 19.3 Å². The molecule has 1 saturated heterocycles. The molecule has 4 rings (SSSR count). The molecule has 1 aliphatic heterocycles. The molecule has 0 radical (unpaired) electrons. The minimum Gasteiger partial charge on any atom is -0.339 e. The molecule has 9 heteroatoms. The average Bonchev–Trinajstić information content (AvgIpc) is 3.34. The van der Waals surface area contributed by atoms with Gasteiger partial charge in [0.05, 0.1) is 0 Å². The van der Waals surface area contributed by atoms with Gasteiger partial charge in [-0.2, -0.15) is 5.10 Å². The molecule has 28 heavy (non-hydrogen) atoms. The fraction of sp³-hybridized carbons (Fsp3) is 0.316. The molecule has 146 valence electrons. The molecule has 1 fully saturated rings. The molecule has 3 aromatic rings. The van der Waals surface area contributed by atoms with E-state index in [-0.39, 0.29) is 23.1 Å². The lowest BCUT2D eigenvalue weighted by atomic mass is 9.93. The van der Waals surface area contributed by atoms with Gasteiger partial charge in [0, 0.05) is 25.1 Å². The molecule has 0 atom stereocenters. The van der Waals surface area contributed by atoms with Crippen LogP contribution in [0.5, 0.6) is 0 Å². The number of amides is 1. The van der Waals surface area contributed by atoms with Crippen molar-refractivity contribution in [2.24, 2.45) is 5.92 Å². The molecular formula is C19H18F2N4O2S. The molecule has 1 amide bonds. The van der Waals surface area contributed by atoms with Gasteiger partial charge in [-0.05, 0) is 54.5 Å². The number of piperidine rings is 1. The van der Waals surface area contributed by atoms with Crippen molar-refractivity contribution in [3.05, 3.63) is 69.2 Å². The second-order valence-electron chi connectivity index (χ2n) is 6.80. The van der Waals surface area contributed by atoms with Crippen LogP contribution in [0, 0.1) is 17.6 Å². The third-order valence-corrected chi connectivity index (χ3v) is 5.86. The number of carbonyl (C=O) groups is 1. The van der Waals surface area contributed by atoms with Gasteiger partial charge in [-0.25, -0.2) is 23.2 Å². The van der Waals surface area contributed by atoms with Gasteiger partial charge in [0.1, 0.15) is 10.8 Å². The number of nitrogens with zero attached hydrogens (tertiary/aromatic N) is 3. The normalized spacial score (nSPS) is 15.1. The van der Waals surface area contributed by atoms with Crippen molar-refractivity contribution < 1.29 is 13.6 Å². The van der Waals surface area contributed by atoms with E-state index in [4.69, 9.17) is 0 Å². The highest BCUT2D eigenvalue weighted by molar-refractivity contribution is 7.12. The number of benzene rings is 1. The Morgan fingerprint density at radius 3 is 2.68 bits per heavy atom. The van der Waals surface area contributed by atoms with Gasteiger partial charge < -0.3 is 4.90 Å². The quantitative estimate of drug-likeness (QED) is 0.727. The van der Waals surface area contributed by atoms with E-state index in [2.05, 4.69) is 10.2 Å². The molecule has 1 aliphatic rings. The first-order valence-electron chi connectivity index (χ1n) is 8.97. The maximum atomic E-state index is 13.4. The van der Waals surface area contributed by atoms with Crippen LogP contribution in [0.1, 0.15) is 29.0 Å². The fourth-order valence-electron chi connectivity index (χ4n) is 3.50. The lowest BCUT2D eigenvalue weighted by molar-refractivity contribution is 0.0689. The number of aromatic nitrogens is 3. The standard InChI is InChI=1S/C19H18F2N4O2S/c20-14-4-3-13(11-15(14)21)18(26)24-7-5-12(6-8-24)10-16-22-23-19(27)25(16)17-2-1-9-28-17/h1-4,9,11-12H,5-8,10H2,(H,23,27). The average molecular weight is 404 g/mol. The van der Waals surface area contributed by atoms with Gasteiger partial charge >= 0.3 is 5.69 Å². The number of H-pyrrole nitrogens is 1. The van der Waals surface area contributed by atoms with Crippen molar-refractivity contribution >= 4 is 17.2 Å². The second kappa shape index (κ2) is 7.67. The van der Waals surface area contributed by atoms with Crippen LogP contribution in [0.2, 0.25) is 0 Å². The van der Waals surface area contributed by atoms with Crippen molar-refractivity contribution in [2.75, 3.05) is 13.1 Å². The van der Waals surface area contributed by atoms with Crippen LogP contribution in [-0.2, 0) is 6.42 Å². The number of carbonyl (C=O) groups excluding carboxylic acids is 1. The van der Waals surface area contributed by atoms with Gasteiger partial charge in [-0.3, -0.25) is 4.79 Å². The highest BCUT2D eigenvalue weighted by Crippen LogP contribution is 2.24. The van der Waals surface area contributed by atoms with Crippen LogP contribution in [0.3, 0.4) is 0 Å². The first-order chi connectivity index (χ1) is 13.5. The molecule has 2 aromatic heterocycles. The summed E-state index contributed by atoms with van der Waals surface area (Å²) >= 11 is 1.47. The van der Waals surface area contributed by atoms with Gasteiger partial charge in [-0.15, -0.1) is 11.3 Å². The Morgan fingerprint density at radius 2 is 2.00 bits per heavy atom. The zero-order valence-electron chi connectivity index (χ0n) is 14.9. The first-order valence-corrected chi connectivity index (χ1v) is 9.85. The van der Waals surface area contributed by atoms with E-state index in [0.717, 1.165) is 30.0 Å². The Morgan fingerprint density at radius 1 is 1.21 bits per heavy atom. The van der Waals surface area contributed by atoms with Crippen LogP contribution in [0.25, 0.3) is 5.00 Å². The molecule has 0 spiro atoms. The Balaban J connectivity index is 1.41. The number of thiophene rings is 1. The van der Waals surface area contributed by atoms with E-state index in [0.29, 0.717) is 25.3 Å². The third-order valence-electron chi connectivity index (χ3n) is 5.01. The summed E-state index contributed by atoms with van der Waals surface area (Å²) in [6, 6.07) is 6.96. The maximum absolute atomic E-state index is 13.4. The predicted octanol–water partition coefficient (Wildman–Crippen LogP) is 3.00. The fourth-order valence-corrected chi connectivity index (χ4v) is 4.25. The van der Waals surface area contributed by atoms with Crippen molar-refractivity contribution in [1.29, 1.82) is 0 Å². The summed E-state index contributed by atoms with van der Waals surface area (Å²) in [5.41, 5.74) is -0.111. The van der Waals surface area contributed by atoms with Crippen molar-refractivity contribution in [3.63, 3.8) is 0 Å². The number of nitrogens with one attached hydrogen (secondary N) is 1. The molecule has 1 aromatic carbocycles. The molecule has 1 N–H and O–H groups in total. The Bertz CT molecular complexity index is 1040. The maximum Gasteiger partial charge on any atom is 0.348 e. The van der Waals surface area contributed by atoms with Crippen LogP contribution >= 0.6 is 11.3 Å². The molecule has 0 saturated carbocycles. The predicted molar refractivity (Wildman–Crippen MR) is 101 cm³/mol.